The SMILES string of the molecule is COCCNCc1cccnc1N1CCCC1C(N)=O. The van der Waals surface area contributed by atoms with Crippen LogP contribution in [0, 0.1) is 0 Å². The summed E-state index contributed by atoms with van der Waals surface area (Å²) >= 11 is 0. The molecule has 1 amide bonds. The number of carbonyl (C=O) groups is 1. The molecule has 0 saturated carbocycles. The normalized spacial score (nSPS) is 18.4. The minimum atomic E-state index is -0.272. The molecule has 1 atom stereocenters. The van der Waals surface area contributed by atoms with Gasteiger partial charge in [0.15, 0.2) is 0 Å². The van der Waals surface area contributed by atoms with Crippen molar-refractivity contribution in [3.63, 3.8) is 0 Å². The number of nitrogens with two attached hydrogens (primary N) is 1. The Labute approximate surface area is 119 Å². The minimum Gasteiger partial charge on any atom is -0.383 e. The summed E-state index contributed by atoms with van der Waals surface area (Å²) in [6, 6.07) is 3.70. The molecule has 2 heterocycles. The number of methoxy groups -OCH3 is 1. The number of nitrogens with one attached hydrogen (secondary N) is 1. The van der Waals surface area contributed by atoms with Gasteiger partial charge in [-0.05, 0) is 18.9 Å². The number of primary amides is 1. The zero-order valence-corrected chi connectivity index (χ0v) is 11.8. The Hall–Kier alpha value is -1.66. The summed E-state index contributed by atoms with van der Waals surface area (Å²) in [6.07, 6.45) is 3.54. The highest BCUT2D eigenvalue weighted by molar-refractivity contribution is 5.84. The molecular formula is C14H22N4O2. The lowest BCUT2D eigenvalue weighted by Crippen LogP contribution is -2.41. The third-order valence-electron chi connectivity index (χ3n) is 3.52. The van der Waals surface area contributed by atoms with Gasteiger partial charge in [0.2, 0.25) is 5.91 Å². The van der Waals surface area contributed by atoms with Crippen molar-refractivity contribution in [2.75, 3.05) is 31.7 Å². The summed E-state index contributed by atoms with van der Waals surface area (Å²) in [5, 5.41) is 3.30. The fraction of sp³-hybridized carbons (Fsp3) is 0.571. The summed E-state index contributed by atoms with van der Waals surface area (Å²) in [6.45, 7) is 2.98. The molecule has 0 aromatic carbocycles. The van der Waals surface area contributed by atoms with E-state index in [-0.39, 0.29) is 11.9 Å². The van der Waals surface area contributed by atoms with E-state index < -0.39 is 0 Å². The van der Waals surface area contributed by atoms with E-state index in [9.17, 15) is 4.79 Å². The van der Waals surface area contributed by atoms with E-state index in [1.165, 1.54) is 0 Å². The van der Waals surface area contributed by atoms with Gasteiger partial charge >= 0.3 is 0 Å². The molecule has 0 bridgehead atoms. The summed E-state index contributed by atoms with van der Waals surface area (Å²) in [7, 11) is 1.68. The van der Waals surface area contributed by atoms with Gasteiger partial charge in [0.25, 0.3) is 0 Å². The second kappa shape index (κ2) is 7.21. The molecule has 3 N–H and O–H groups in total. The van der Waals surface area contributed by atoms with Crippen LogP contribution < -0.4 is 16.0 Å². The number of hydrogen-bond donors (Lipinski definition) is 2. The largest absolute Gasteiger partial charge is 0.383 e. The number of anilines is 1. The molecule has 110 valence electrons. The van der Waals surface area contributed by atoms with Crippen molar-refractivity contribution in [2.45, 2.75) is 25.4 Å². The third kappa shape index (κ3) is 3.46. The van der Waals surface area contributed by atoms with Crippen LogP contribution in [-0.2, 0) is 16.1 Å². The highest BCUT2D eigenvalue weighted by Crippen LogP contribution is 2.26. The van der Waals surface area contributed by atoms with Crippen molar-refractivity contribution in [3.8, 4) is 0 Å². The molecule has 0 radical (unpaired) electrons. The monoisotopic (exact) mass is 278 g/mol. The molecule has 1 aliphatic rings. The summed E-state index contributed by atoms with van der Waals surface area (Å²) < 4.78 is 5.01. The summed E-state index contributed by atoms with van der Waals surface area (Å²) in [5.74, 6) is 0.588. The van der Waals surface area contributed by atoms with Gasteiger partial charge in [0, 0.05) is 38.5 Å². The van der Waals surface area contributed by atoms with Crippen molar-refractivity contribution in [2.24, 2.45) is 5.73 Å². The average molecular weight is 278 g/mol. The number of carbonyl (C=O) groups excluding carboxylic acids is 1. The summed E-state index contributed by atoms with van der Waals surface area (Å²) in [5.41, 5.74) is 6.56. The Morgan fingerprint density at radius 1 is 1.65 bits per heavy atom. The lowest BCUT2D eigenvalue weighted by molar-refractivity contribution is -0.119. The van der Waals surface area contributed by atoms with Gasteiger partial charge in [-0.15, -0.1) is 0 Å². The molecule has 2 rings (SSSR count). The van der Waals surface area contributed by atoms with Crippen molar-refractivity contribution in [1.82, 2.24) is 10.3 Å². The second-order valence-corrected chi connectivity index (χ2v) is 4.91. The van der Waals surface area contributed by atoms with E-state index in [1.807, 2.05) is 17.0 Å². The molecule has 20 heavy (non-hydrogen) atoms. The number of rotatable bonds is 7. The van der Waals surface area contributed by atoms with E-state index >= 15 is 0 Å². The van der Waals surface area contributed by atoms with Gasteiger partial charge < -0.3 is 20.7 Å². The van der Waals surface area contributed by atoms with E-state index in [0.717, 1.165) is 37.3 Å². The smallest absolute Gasteiger partial charge is 0.240 e. The molecule has 1 aromatic rings. The standard InChI is InChI=1S/C14H22N4O2/c1-20-9-7-16-10-11-4-2-6-17-14(11)18-8-3-5-12(18)13(15)19/h2,4,6,12,16H,3,5,7-10H2,1H3,(H2,15,19). The van der Waals surface area contributed by atoms with Crippen LogP contribution in [0.3, 0.4) is 0 Å². The molecule has 1 aliphatic heterocycles. The van der Waals surface area contributed by atoms with Gasteiger partial charge in [-0.3, -0.25) is 4.79 Å². The lowest BCUT2D eigenvalue weighted by Gasteiger charge is -2.25. The van der Waals surface area contributed by atoms with E-state index in [1.54, 1.807) is 13.3 Å². The van der Waals surface area contributed by atoms with Crippen molar-refractivity contribution in [3.05, 3.63) is 23.9 Å². The molecule has 0 aliphatic carbocycles. The molecule has 6 heteroatoms. The maximum absolute atomic E-state index is 11.5. The van der Waals surface area contributed by atoms with Crippen LogP contribution in [-0.4, -0.2) is 43.7 Å². The van der Waals surface area contributed by atoms with Crippen LogP contribution in [0.1, 0.15) is 18.4 Å². The van der Waals surface area contributed by atoms with Crippen molar-refractivity contribution >= 4 is 11.7 Å². The quantitative estimate of drug-likeness (QED) is 0.700. The van der Waals surface area contributed by atoms with Gasteiger partial charge in [0.1, 0.15) is 11.9 Å². The number of hydrogen-bond acceptors (Lipinski definition) is 5. The topological polar surface area (TPSA) is 80.5 Å². The van der Waals surface area contributed by atoms with Crippen LogP contribution in [0.5, 0.6) is 0 Å². The molecule has 1 unspecified atom stereocenters. The van der Waals surface area contributed by atoms with Crippen LogP contribution >= 0.6 is 0 Å². The van der Waals surface area contributed by atoms with Crippen LogP contribution in [0.25, 0.3) is 0 Å². The highest BCUT2D eigenvalue weighted by Gasteiger charge is 2.30. The first-order valence-electron chi connectivity index (χ1n) is 6.93. The predicted molar refractivity (Wildman–Crippen MR) is 77.4 cm³/mol. The zero-order valence-electron chi connectivity index (χ0n) is 11.8. The average Bonchev–Trinajstić information content (AvgIpc) is 2.93. The van der Waals surface area contributed by atoms with E-state index in [2.05, 4.69) is 10.3 Å². The Kier molecular flexibility index (Phi) is 5.31. The van der Waals surface area contributed by atoms with Crippen LogP contribution in [0.15, 0.2) is 18.3 Å². The molecular weight excluding hydrogens is 256 g/mol. The number of pyridine rings is 1. The third-order valence-corrected chi connectivity index (χ3v) is 3.52. The van der Waals surface area contributed by atoms with E-state index in [0.29, 0.717) is 13.2 Å². The number of ether oxygens (including phenoxy) is 1. The first kappa shape index (κ1) is 14.7. The van der Waals surface area contributed by atoms with Crippen molar-refractivity contribution < 1.29 is 9.53 Å². The maximum Gasteiger partial charge on any atom is 0.240 e. The van der Waals surface area contributed by atoms with Gasteiger partial charge in [0.05, 0.1) is 6.61 Å². The Balaban J connectivity index is 2.08. The van der Waals surface area contributed by atoms with Gasteiger partial charge in [-0.25, -0.2) is 4.98 Å². The minimum absolute atomic E-state index is 0.234. The van der Waals surface area contributed by atoms with Gasteiger partial charge in [-0.1, -0.05) is 6.07 Å². The molecule has 0 spiro atoms. The van der Waals surface area contributed by atoms with Gasteiger partial charge in [-0.2, -0.15) is 0 Å². The zero-order chi connectivity index (χ0) is 14.4. The molecule has 6 nitrogen and oxygen atoms in total. The Morgan fingerprint density at radius 3 is 3.25 bits per heavy atom. The summed E-state index contributed by atoms with van der Waals surface area (Å²) in [4.78, 5) is 18.0. The number of amides is 1. The Morgan fingerprint density at radius 2 is 2.50 bits per heavy atom. The van der Waals surface area contributed by atoms with Crippen LogP contribution in [0.2, 0.25) is 0 Å². The first-order chi connectivity index (χ1) is 9.74. The first-order valence-corrected chi connectivity index (χ1v) is 6.93. The molecule has 1 saturated heterocycles. The predicted octanol–water partition coefficient (Wildman–Crippen LogP) is 0.272. The van der Waals surface area contributed by atoms with E-state index in [4.69, 9.17) is 10.5 Å². The molecule has 1 aromatic heterocycles. The number of aromatic nitrogens is 1. The highest BCUT2D eigenvalue weighted by atomic mass is 16.5. The van der Waals surface area contributed by atoms with Crippen molar-refractivity contribution in [1.29, 1.82) is 0 Å². The lowest BCUT2D eigenvalue weighted by atomic mass is 10.2. The fourth-order valence-corrected chi connectivity index (χ4v) is 2.54. The Bertz CT molecular complexity index is 453. The second-order valence-electron chi connectivity index (χ2n) is 4.91. The molecule has 1 fully saturated rings. The van der Waals surface area contributed by atoms with Crippen LogP contribution in [0.4, 0.5) is 5.82 Å². The fourth-order valence-electron chi connectivity index (χ4n) is 2.54. The number of nitrogens with zero attached hydrogens (tertiary/aromatic N) is 2. The maximum atomic E-state index is 11.5.